The Balaban J connectivity index is 1.70. The molecule has 3 N–H and O–H groups in total. The highest BCUT2D eigenvalue weighted by molar-refractivity contribution is 9.10. The lowest BCUT2D eigenvalue weighted by molar-refractivity contribution is 0.0950. The molecule has 1 heterocycles. The standard InChI is InChI=1S/C18H15BrN4O2/c1-11(12-4-8-15(24)9-5-12)20-23-18(25)17-10-16(21-22-17)13-2-6-14(19)7-3-13/h2-10,24H,1H3,(H,21,22)(H,23,25). The first-order chi connectivity index (χ1) is 12.0. The van der Waals surface area contributed by atoms with Crippen LogP contribution in [0.2, 0.25) is 0 Å². The molecule has 3 rings (SSSR count). The third kappa shape index (κ3) is 4.13. The molecule has 1 aromatic heterocycles. The van der Waals surface area contributed by atoms with Gasteiger partial charge in [-0.3, -0.25) is 9.89 Å². The normalized spacial score (nSPS) is 11.4. The summed E-state index contributed by atoms with van der Waals surface area (Å²) in [6.45, 7) is 1.77. The second kappa shape index (κ2) is 7.31. The predicted octanol–water partition coefficient (Wildman–Crippen LogP) is 3.70. The van der Waals surface area contributed by atoms with Crippen molar-refractivity contribution in [3.63, 3.8) is 0 Å². The average Bonchev–Trinajstić information content (AvgIpc) is 3.11. The zero-order valence-electron chi connectivity index (χ0n) is 13.3. The Kier molecular flexibility index (Phi) is 4.95. The van der Waals surface area contributed by atoms with Crippen molar-refractivity contribution in [3.05, 3.63) is 70.3 Å². The first-order valence-electron chi connectivity index (χ1n) is 7.48. The van der Waals surface area contributed by atoms with Crippen LogP contribution >= 0.6 is 15.9 Å². The number of hydrogen-bond acceptors (Lipinski definition) is 4. The van der Waals surface area contributed by atoms with Gasteiger partial charge in [0.2, 0.25) is 0 Å². The molecule has 7 heteroatoms. The Labute approximate surface area is 152 Å². The molecule has 0 spiro atoms. The van der Waals surface area contributed by atoms with Crippen molar-refractivity contribution in [2.24, 2.45) is 5.10 Å². The Hall–Kier alpha value is -2.93. The van der Waals surface area contributed by atoms with Crippen molar-refractivity contribution in [1.29, 1.82) is 0 Å². The molecule has 0 atom stereocenters. The number of hydrazone groups is 1. The van der Waals surface area contributed by atoms with Crippen LogP contribution in [0.4, 0.5) is 0 Å². The van der Waals surface area contributed by atoms with Crippen LogP contribution in [0.15, 0.2) is 64.2 Å². The van der Waals surface area contributed by atoms with Gasteiger partial charge in [0, 0.05) is 10.0 Å². The third-order valence-corrected chi connectivity index (χ3v) is 4.10. The minimum atomic E-state index is -0.381. The lowest BCUT2D eigenvalue weighted by Gasteiger charge is -2.02. The van der Waals surface area contributed by atoms with Gasteiger partial charge in [0.1, 0.15) is 11.4 Å². The van der Waals surface area contributed by atoms with Crippen LogP contribution in [0.5, 0.6) is 5.75 Å². The average molecular weight is 399 g/mol. The van der Waals surface area contributed by atoms with Gasteiger partial charge < -0.3 is 5.11 Å². The number of aromatic amines is 1. The topological polar surface area (TPSA) is 90.4 Å². The van der Waals surface area contributed by atoms with Gasteiger partial charge in [-0.1, -0.05) is 28.1 Å². The molecule has 25 heavy (non-hydrogen) atoms. The summed E-state index contributed by atoms with van der Waals surface area (Å²) >= 11 is 3.38. The van der Waals surface area contributed by atoms with Gasteiger partial charge in [-0.25, -0.2) is 5.43 Å². The van der Waals surface area contributed by atoms with E-state index in [1.165, 1.54) is 0 Å². The molecule has 0 aliphatic heterocycles. The third-order valence-electron chi connectivity index (χ3n) is 3.57. The van der Waals surface area contributed by atoms with Crippen molar-refractivity contribution in [2.75, 3.05) is 0 Å². The van der Waals surface area contributed by atoms with E-state index in [9.17, 15) is 9.90 Å². The summed E-state index contributed by atoms with van der Waals surface area (Å²) in [4.78, 5) is 12.2. The fraction of sp³-hybridized carbons (Fsp3) is 0.0556. The van der Waals surface area contributed by atoms with Crippen molar-refractivity contribution < 1.29 is 9.90 Å². The van der Waals surface area contributed by atoms with Crippen LogP contribution in [-0.2, 0) is 0 Å². The lowest BCUT2D eigenvalue weighted by atomic mass is 10.1. The number of halogens is 1. The number of benzene rings is 2. The number of aromatic nitrogens is 2. The molecule has 3 aromatic rings. The van der Waals surface area contributed by atoms with Gasteiger partial charge in [-0.2, -0.15) is 10.2 Å². The maximum absolute atomic E-state index is 12.2. The Bertz CT molecular complexity index is 915. The van der Waals surface area contributed by atoms with Crippen LogP contribution in [-0.4, -0.2) is 26.9 Å². The van der Waals surface area contributed by atoms with Crippen molar-refractivity contribution >= 4 is 27.5 Å². The molecule has 0 aliphatic rings. The maximum atomic E-state index is 12.2. The zero-order chi connectivity index (χ0) is 17.8. The molecule has 2 aromatic carbocycles. The number of H-pyrrole nitrogens is 1. The molecule has 0 bridgehead atoms. The van der Waals surface area contributed by atoms with E-state index in [1.807, 2.05) is 24.3 Å². The Morgan fingerprint density at radius 3 is 2.52 bits per heavy atom. The quantitative estimate of drug-likeness (QED) is 0.462. The van der Waals surface area contributed by atoms with Gasteiger partial charge in [-0.15, -0.1) is 0 Å². The minimum Gasteiger partial charge on any atom is -0.508 e. The molecule has 126 valence electrons. The fourth-order valence-electron chi connectivity index (χ4n) is 2.17. The molecule has 6 nitrogen and oxygen atoms in total. The van der Waals surface area contributed by atoms with Gasteiger partial charge in [0.05, 0.1) is 11.4 Å². The molecule has 1 amide bonds. The summed E-state index contributed by atoms with van der Waals surface area (Å²) in [6, 6.07) is 15.9. The summed E-state index contributed by atoms with van der Waals surface area (Å²) in [7, 11) is 0. The highest BCUT2D eigenvalue weighted by Gasteiger charge is 2.11. The Morgan fingerprint density at radius 2 is 1.84 bits per heavy atom. The number of phenols is 1. The number of carbonyl (C=O) groups excluding carboxylic acids is 1. The van der Waals surface area contributed by atoms with E-state index in [0.717, 1.165) is 15.6 Å². The zero-order valence-corrected chi connectivity index (χ0v) is 14.9. The fourth-order valence-corrected chi connectivity index (χ4v) is 2.43. The van der Waals surface area contributed by atoms with Crippen LogP contribution in [0.3, 0.4) is 0 Å². The summed E-state index contributed by atoms with van der Waals surface area (Å²) in [6.07, 6.45) is 0. The first-order valence-corrected chi connectivity index (χ1v) is 8.27. The number of amides is 1. The number of carbonyl (C=O) groups is 1. The van der Waals surface area contributed by atoms with Crippen LogP contribution in [0, 0.1) is 0 Å². The lowest BCUT2D eigenvalue weighted by Crippen LogP contribution is -2.19. The van der Waals surface area contributed by atoms with Crippen molar-refractivity contribution in [2.45, 2.75) is 6.92 Å². The maximum Gasteiger partial charge on any atom is 0.289 e. The first kappa shape index (κ1) is 16.9. The van der Waals surface area contributed by atoms with Crippen LogP contribution < -0.4 is 5.43 Å². The largest absolute Gasteiger partial charge is 0.508 e. The monoisotopic (exact) mass is 398 g/mol. The number of nitrogens with zero attached hydrogens (tertiary/aromatic N) is 2. The highest BCUT2D eigenvalue weighted by atomic mass is 79.9. The van der Waals surface area contributed by atoms with E-state index in [2.05, 4.69) is 36.7 Å². The summed E-state index contributed by atoms with van der Waals surface area (Å²) < 4.78 is 0.976. The van der Waals surface area contributed by atoms with E-state index in [0.29, 0.717) is 17.1 Å². The second-order valence-corrected chi connectivity index (χ2v) is 6.27. The summed E-state index contributed by atoms with van der Waals surface area (Å²) in [5.41, 5.74) is 5.83. The van der Waals surface area contributed by atoms with Crippen molar-refractivity contribution in [3.8, 4) is 17.0 Å². The molecule has 0 saturated heterocycles. The van der Waals surface area contributed by atoms with Crippen LogP contribution in [0.25, 0.3) is 11.3 Å². The Morgan fingerprint density at radius 1 is 1.16 bits per heavy atom. The molecule has 0 radical (unpaired) electrons. The van der Waals surface area contributed by atoms with Gasteiger partial charge in [-0.05, 0) is 55.0 Å². The molecule has 0 aliphatic carbocycles. The summed E-state index contributed by atoms with van der Waals surface area (Å²) in [5, 5.41) is 20.2. The predicted molar refractivity (Wildman–Crippen MR) is 99.5 cm³/mol. The molecule has 0 fully saturated rings. The molecular weight excluding hydrogens is 384 g/mol. The number of aromatic hydroxyl groups is 1. The van der Waals surface area contributed by atoms with E-state index >= 15 is 0 Å². The highest BCUT2D eigenvalue weighted by Crippen LogP contribution is 2.20. The minimum absolute atomic E-state index is 0.179. The number of hydrogen-bond donors (Lipinski definition) is 3. The van der Waals surface area contributed by atoms with E-state index in [-0.39, 0.29) is 11.7 Å². The van der Waals surface area contributed by atoms with Crippen molar-refractivity contribution in [1.82, 2.24) is 15.6 Å². The van der Waals surface area contributed by atoms with E-state index < -0.39 is 0 Å². The van der Waals surface area contributed by atoms with Gasteiger partial charge in [0.15, 0.2) is 0 Å². The number of rotatable bonds is 4. The number of nitrogens with one attached hydrogen (secondary N) is 2. The second-order valence-electron chi connectivity index (χ2n) is 5.36. The molecule has 0 saturated carbocycles. The van der Waals surface area contributed by atoms with E-state index in [4.69, 9.17) is 0 Å². The number of phenolic OH excluding ortho intramolecular Hbond substituents is 1. The van der Waals surface area contributed by atoms with E-state index in [1.54, 1.807) is 37.3 Å². The van der Waals surface area contributed by atoms with Crippen LogP contribution in [0.1, 0.15) is 23.0 Å². The van der Waals surface area contributed by atoms with Gasteiger partial charge >= 0.3 is 0 Å². The molecule has 0 unspecified atom stereocenters. The van der Waals surface area contributed by atoms with Gasteiger partial charge in [0.25, 0.3) is 5.91 Å². The SMILES string of the molecule is CC(=NNC(=O)c1cc(-c2ccc(Br)cc2)n[nH]1)c1ccc(O)cc1. The molecular formula is C18H15BrN4O2. The smallest absolute Gasteiger partial charge is 0.289 e. The summed E-state index contributed by atoms with van der Waals surface area (Å²) in [5.74, 6) is -0.201.